The summed E-state index contributed by atoms with van der Waals surface area (Å²) in [5, 5.41) is 12.1. The molecule has 0 N–H and O–H groups in total. The van der Waals surface area contributed by atoms with E-state index in [0.717, 1.165) is 0 Å². The van der Waals surface area contributed by atoms with Gasteiger partial charge in [0.25, 0.3) is 5.91 Å². The summed E-state index contributed by atoms with van der Waals surface area (Å²) in [7, 11) is 0. The quantitative estimate of drug-likeness (QED) is 0.841. The maximum absolute atomic E-state index is 12.9. The topological polar surface area (TPSA) is 94.5 Å². The van der Waals surface area contributed by atoms with Gasteiger partial charge in [0.1, 0.15) is 11.8 Å². The molecular formula is C17H24N4O4. The van der Waals surface area contributed by atoms with Gasteiger partial charge in [-0.2, -0.15) is 0 Å². The minimum Gasteiger partial charge on any atom is -0.423 e. The standard InChI is InChI=1S/C17H24N4O4/c1-10(2)14-18-19-15(24-14)12-9-23-7-6-21(12)16(22)11-8-13(25-20-11)17(3,4)5/h8,10,12H,6-7,9H2,1-5H3/t12-/m1/s1. The van der Waals surface area contributed by atoms with E-state index in [1.54, 1.807) is 11.0 Å². The zero-order chi connectivity index (χ0) is 18.2. The molecule has 0 saturated carbocycles. The van der Waals surface area contributed by atoms with Gasteiger partial charge in [-0.25, -0.2) is 0 Å². The van der Waals surface area contributed by atoms with Crippen molar-refractivity contribution in [2.45, 2.75) is 52.0 Å². The Morgan fingerprint density at radius 1 is 1.32 bits per heavy atom. The van der Waals surface area contributed by atoms with Crippen molar-refractivity contribution in [1.29, 1.82) is 0 Å². The largest absolute Gasteiger partial charge is 0.423 e. The Morgan fingerprint density at radius 2 is 2.08 bits per heavy atom. The fraction of sp³-hybridized carbons (Fsp3) is 0.647. The molecule has 2 aromatic heterocycles. The molecule has 1 aliphatic rings. The lowest BCUT2D eigenvalue weighted by Gasteiger charge is -2.32. The van der Waals surface area contributed by atoms with Crippen LogP contribution in [0.3, 0.4) is 0 Å². The van der Waals surface area contributed by atoms with Gasteiger partial charge in [-0.3, -0.25) is 4.79 Å². The monoisotopic (exact) mass is 348 g/mol. The second-order valence-electron chi connectivity index (χ2n) is 7.55. The maximum atomic E-state index is 12.9. The highest BCUT2D eigenvalue weighted by Crippen LogP contribution is 2.28. The third-order valence-corrected chi connectivity index (χ3v) is 4.09. The Labute approximate surface area is 146 Å². The van der Waals surface area contributed by atoms with E-state index >= 15 is 0 Å². The lowest BCUT2D eigenvalue weighted by molar-refractivity contribution is -0.0112. The van der Waals surface area contributed by atoms with Crippen LogP contribution in [0, 0.1) is 0 Å². The zero-order valence-electron chi connectivity index (χ0n) is 15.3. The van der Waals surface area contributed by atoms with Crippen molar-refractivity contribution in [3.8, 4) is 0 Å². The Morgan fingerprint density at radius 3 is 2.68 bits per heavy atom. The number of hydrogen-bond donors (Lipinski definition) is 0. The predicted molar refractivity (Wildman–Crippen MR) is 88.2 cm³/mol. The molecule has 0 aliphatic carbocycles. The molecule has 1 aliphatic heterocycles. The van der Waals surface area contributed by atoms with Gasteiger partial charge in [-0.15, -0.1) is 10.2 Å². The molecule has 8 nitrogen and oxygen atoms in total. The van der Waals surface area contributed by atoms with E-state index in [2.05, 4.69) is 15.4 Å². The molecule has 0 bridgehead atoms. The molecule has 0 spiro atoms. The van der Waals surface area contributed by atoms with Crippen LogP contribution in [0.25, 0.3) is 0 Å². The van der Waals surface area contributed by atoms with Crippen molar-refractivity contribution in [2.24, 2.45) is 0 Å². The number of carbonyl (C=O) groups excluding carboxylic acids is 1. The third kappa shape index (κ3) is 3.58. The van der Waals surface area contributed by atoms with Crippen LogP contribution < -0.4 is 0 Å². The van der Waals surface area contributed by atoms with Gasteiger partial charge < -0.3 is 18.6 Å². The highest BCUT2D eigenvalue weighted by atomic mass is 16.5. The zero-order valence-corrected chi connectivity index (χ0v) is 15.3. The average Bonchev–Trinajstić information content (AvgIpc) is 3.23. The highest BCUT2D eigenvalue weighted by Gasteiger charge is 2.35. The molecule has 2 aromatic rings. The maximum Gasteiger partial charge on any atom is 0.276 e. The Balaban J connectivity index is 1.85. The smallest absolute Gasteiger partial charge is 0.276 e. The summed E-state index contributed by atoms with van der Waals surface area (Å²) in [5.74, 6) is 1.50. The normalized spacial score (nSPS) is 18.8. The van der Waals surface area contributed by atoms with Gasteiger partial charge in [0.2, 0.25) is 11.8 Å². The van der Waals surface area contributed by atoms with E-state index in [0.29, 0.717) is 37.3 Å². The molecule has 136 valence electrons. The summed E-state index contributed by atoms with van der Waals surface area (Å²) in [6.07, 6.45) is 0. The first-order valence-electron chi connectivity index (χ1n) is 8.46. The van der Waals surface area contributed by atoms with E-state index in [1.165, 1.54) is 0 Å². The number of rotatable bonds is 3. The number of aromatic nitrogens is 3. The minimum absolute atomic E-state index is 0.125. The molecule has 3 heterocycles. The average molecular weight is 348 g/mol. The van der Waals surface area contributed by atoms with Gasteiger partial charge >= 0.3 is 0 Å². The lowest BCUT2D eigenvalue weighted by Crippen LogP contribution is -2.43. The summed E-state index contributed by atoms with van der Waals surface area (Å²) in [6.45, 7) is 11.2. The van der Waals surface area contributed by atoms with E-state index in [9.17, 15) is 4.79 Å². The van der Waals surface area contributed by atoms with E-state index in [-0.39, 0.29) is 22.9 Å². The van der Waals surface area contributed by atoms with Crippen LogP contribution in [-0.2, 0) is 10.2 Å². The first-order chi connectivity index (χ1) is 11.8. The van der Waals surface area contributed by atoms with Gasteiger partial charge in [0, 0.05) is 23.9 Å². The van der Waals surface area contributed by atoms with Crippen LogP contribution in [0.5, 0.6) is 0 Å². The Hall–Kier alpha value is -2.22. The number of carbonyl (C=O) groups is 1. The second kappa shape index (κ2) is 6.59. The molecule has 25 heavy (non-hydrogen) atoms. The van der Waals surface area contributed by atoms with Crippen molar-refractivity contribution in [3.63, 3.8) is 0 Å². The summed E-state index contributed by atoms with van der Waals surface area (Å²) in [6, 6.07) is 1.28. The number of nitrogens with zero attached hydrogens (tertiary/aromatic N) is 4. The summed E-state index contributed by atoms with van der Waals surface area (Å²) in [5.41, 5.74) is 0.0645. The van der Waals surface area contributed by atoms with Crippen molar-refractivity contribution in [3.05, 3.63) is 29.3 Å². The molecule has 0 aromatic carbocycles. The number of ether oxygens (including phenoxy) is 1. The molecule has 1 atom stereocenters. The van der Waals surface area contributed by atoms with Gasteiger partial charge in [-0.1, -0.05) is 39.8 Å². The van der Waals surface area contributed by atoms with Crippen LogP contribution in [0.2, 0.25) is 0 Å². The minimum atomic E-state index is -0.420. The number of amides is 1. The summed E-state index contributed by atoms with van der Waals surface area (Å²) < 4.78 is 16.6. The molecule has 0 unspecified atom stereocenters. The second-order valence-corrected chi connectivity index (χ2v) is 7.55. The van der Waals surface area contributed by atoms with Crippen LogP contribution in [0.1, 0.15) is 74.6 Å². The third-order valence-electron chi connectivity index (χ3n) is 4.09. The van der Waals surface area contributed by atoms with Crippen molar-refractivity contribution < 1.29 is 18.5 Å². The van der Waals surface area contributed by atoms with Crippen molar-refractivity contribution in [1.82, 2.24) is 20.3 Å². The first-order valence-corrected chi connectivity index (χ1v) is 8.46. The Kier molecular flexibility index (Phi) is 4.64. The molecule has 8 heteroatoms. The van der Waals surface area contributed by atoms with Crippen molar-refractivity contribution in [2.75, 3.05) is 19.8 Å². The highest BCUT2D eigenvalue weighted by molar-refractivity contribution is 5.92. The Bertz CT molecular complexity index is 744. The van der Waals surface area contributed by atoms with Crippen LogP contribution in [0.4, 0.5) is 0 Å². The molecule has 1 saturated heterocycles. The van der Waals surface area contributed by atoms with Gasteiger partial charge in [-0.05, 0) is 0 Å². The van der Waals surface area contributed by atoms with Crippen LogP contribution in [-0.4, -0.2) is 45.9 Å². The van der Waals surface area contributed by atoms with Gasteiger partial charge in [0.15, 0.2) is 5.69 Å². The van der Waals surface area contributed by atoms with Crippen LogP contribution >= 0.6 is 0 Å². The fourth-order valence-electron chi connectivity index (χ4n) is 2.54. The molecule has 0 radical (unpaired) electrons. The SMILES string of the molecule is CC(C)c1nnc([C@H]2COCCN2C(=O)c2cc(C(C)(C)C)on2)o1. The number of morpholine rings is 1. The molecule has 1 fully saturated rings. The number of hydrogen-bond acceptors (Lipinski definition) is 7. The first kappa shape index (κ1) is 17.6. The molecule has 3 rings (SSSR count). The van der Waals surface area contributed by atoms with Gasteiger partial charge in [0.05, 0.1) is 13.2 Å². The van der Waals surface area contributed by atoms with E-state index < -0.39 is 6.04 Å². The molecule has 1 amide bonds. The lowest BCUT2D eigenvalue weighted by atomic mass is 9.93. The molecular weight excluding hydrogens is 324 g/mol. The van der Waals surface area contributed by atoms with E-state index in [4.69, 9.17) is 13.7 Å². The fourth-order valence-corrected chi connectivity index (χ4v) is 2.54. The summed E-state index contributed by atoms with van der Waals surface area (Å²) in [4.78, 5) is 14.6. The van der Waals surface area contributed by atoms with Crippen LogP contribution in [0.15, 0.2) is 15.0 Å². The van der Waals surface area contributed by atoms with E-state index in [1.807, 2.05) is 34.6 Å². The predicted octanol–water partition coefficient (Wildman–Crippen LogP) is 2.69. The van der Waals surface area contributed by atoms with Crippen molar-refractivity contribution >= 4 is 5.91 Å². The summed E-state index contributed by atoms with van der Waals surface area (Å²) >= 11 is 0.